The van der Waals surface area contributed by atoms with Crippen molar-refractivity contribution in [1.29, 1.82) is 0 Å². The third kappa shape index (κ3) is 4.75. The number of hydrogen-bond acceptors (Lipinski definition) is 5. The van der Waals surface area contributed by atoms with Crippen molar-refractivity contribution in [2.45, 2.75) is 33.6 Å². The molecule has 0 aliphatic heterocycles. The molecule has 6 heteroatoms. The fraction of sp³-hybridized carbons (Fsp3) is 0.389. The van der Waals surface area contributed by atoms with Gasteiger partial charge in [-0.2, -0.15) is 0 Å². The minimum absolute atomic E-state index is 0.0364. The molecule has 0 saturated carbocycles. The number of hydrogen-bond donors (Lipinski definition) is 0. The van der Waals surface area contributed by atoms with Crippen LogP contribution in [0.2, 0.25) is 0 Å². The zero-order valence-electron chi connectivity index (χ0n) is 14.0. The summed E-state index contributed by atoms with van der Waals surface area (Å²) in [5, 5.41) is 0. The van der Waals surface area contributed by atoms with Crippen LogP contribution in [-0.2, 0) is 20.7 Å². The van der Waals surface area contributed by atoms with Crippen molar-refractivity contribution in [3.63, 3.8) is 0 Å². The van der Waals surface area contributed by atoms with Gasteiger partial charge in [-0.05, 0) is 12.1 Å². The molecule has 0 amide bonds. The highest BCUT2D eigenvalue weighted by Crippen LogP contribution is 2.23. The summed E-state index contributed by atoms with van der Waals surface area (Å²) >= 11 is 0. The van der Waals surface area contributed by atoms with Crippen molar-refractivity contribution < 1.29 is 23.1 Å². The van der Waals surface area contributed by atoms with Crippen LogP contribution in [0.5, 0.6) is 0 Å². The molecule has 1 aromatic heterocycles. The molecule has 24 heavy (non-hydrogen) atoms. The molecule has 0 fully saturated rings. The van der Waals surface area contributed by atoms with E-state index in [0.29, 0.717) is 17.2 Å². The van der Waals surface area contributed by atoms with E-state index < -0.39 is 17.2 Å². The lowest BCUT2D eigenvalue weighted by molar-refractivity contribution is -0.150. The van der Waals surface area contributed by atoms with Gasteiger partial charge in [0.1, 0.15) is 5.82 Å². The molecule has 0 radical (unpaired) electrons. The van der Waals surface area contributed by atoms with Crippen molar-refractivity contribution in [3.8, 4) is 11.3 Å². The molecule has 0 atom stereocenters. The van der Waals surface area contributed by atoms with E-state index in [-0.39, 0.29) is 25.2 Å². The smallest absolute Gasteiger partial charge is 0.306 e. The Bertz CT molecular complexity index is 731. The fourth-order valence-electron chi connectivity index (χ4n) is 1.86. The van der Waals surface area contributed by atoms with E-state index in [9.17, 15) is 14.0 Å². The molecule has 2 rings (SSSR count). The van der Waals surface area contributed by atoms with Crippen LogP contribution in [-0.4, -0.2) is 23.3 Å². The second kappa shape index (κ2) is 7.38. The number of carbonyl (C=O) groups excluding carboxylic acids is 2. The number of carbonyl (C=O) groups is 2. The van der Waals surface area contributed by atoms with Crippen molar-refractivity contribution in [3.05, 3.63) is 42.2 Å². The molecule has 0 bridgehead atoms. The van der Waals surface area contributed by atoms with Crippen molar-refractivity contribution in [2.75, 3.05) is 6.61 Å². The summed E-state index contributed by atoms with van der Waals surface area (Å²) in [5.74, 6) is -0.431. The quantitative estimate of drug-likeness (QED) is 0.756. The van der Waals surface area contributed by atoms with Gasteiger partial charge in [0.15, 0.2) is 24.0 Å². The summed E-state index contributed by atoms with van der Waals surface area (Å²) in [6.45, 7) is 5.05. The number of Topliss-reactive ketones (excluding diaryl/α,β-unsaturated/α-hetero) is 1. The largest absolute Gasteiger partial charge is 0.458 e. The van der Waals surface area contributed by atoms with Gasteiger partial charge in [-0.25, -0.2) is 9.37 Å². The van der Waals surface area contributed by atoms with E-state index in [4.69, 9.17) is 9.15 Å². The van der Waals surface area contributed by atoms with E-state index in [0.717, 1.165) is 0 Å². The highest BCUT2D eigenvalue weighted by atomic mass is 19.1. The van der Waals surface area contributed by atoms with Crippen LogP contribution in [0.4, 0.5) is 4.39 Å². The molecule has 0 aliphatic carbocycles. The molecular weight excluding hydrogens is 313 g/mol. The van der Waals surface area contributed by atoms with Crippen LogP contribution in [0.25, 0.3) is 11.3 Å². The monoisotopic (exact) mass is 333 g/mol. The van der Waals surface area contributed by atoms with Gasteiger partial charge < -0.3 is 9.15 Å². The lowest BCUT2D eigenvalue weighted by Crippen LogP contribution is -2.26. The number of oxazole rings is 1. The van der Waals surface area contributed by atoms with E-state index in [1.165, 1.54) is 12.3 Å². The lowest BCUT2D eigenvalue weighted by Gasteiger charge is -2.15. The SMILES string of the molecule is CC(C)(C)C(=O)COC(=O)CCc1ncc(-c2ccccc2F)o1. The predicted octanol–water partition coefficient (Wildman–Crippen LogP) is 3.57. The van der Waals surface area contributed by atoms with Crippen LogP contribution in [0.3, 0.4) is 0 Å². The van der Waals surface area contributed by atoms with Crippen molar-refractivity contribution in [2.24, 2.45) is 5.41 Å². The minimum Gasteiger partial charge on any atom is -0.458 e. The topological polar surface area (TPSA) is 69.4 Å². The number of benzene rings is 1. The zero-order valence-corrected chi connectivity index (χ0v) is 14.0. The molecule has 1 aromatic carbocycles. The first-order valence-corrected chi connectivity index (χ1v) is 7.66. The standard InChI is InChI=1S/C18H20FNO4/c1-18(2,3)15(21)11-23-17(22)9-8-16-20-10-14(24-16)12-6-4-5-7-13(12)19/h4-7,10H,8-9,11H2,1-3H3. The molecule has 5 nitrogen and oxygen atoms in total. The van der Waals surface area contributed by atoms with E-state index in [1.54, 1.807) is 39.0 Å². The number of ketones is 1. The van der Waals surface area contributed by atoms with Gasteiger partial charge in [-0.15, -0.1) is 0 Å². The maximum atomic E-state index is 13.7. The molecule has 2 aromatic rings. The molecule has 0 N–H and O–H groups in total. The minimum atomic E-state index is -0.544. The average Bonchev–Trinajstić information content (AvgIpc) is 2.98. The van der Waals surface area contributed by atoms with Gasteiger partial charge in [0.25, 0.3) is 0 Å². The first-order chi connectivity index (χ1) is 11.3. The van der Waals surface area contributed by atoms with E-state index >= 15 is 0 Å². The number of rotatable bonds is 6. The van der Waals surface area contributed by atoms with Gasteiger partial charge in [0, 0.05) is 11.8 Å². The summed E-state index contributed by atoms with van der Waals surface area (Å²) < 4.78 is 24.1. The Morgan fingerprint density at radius 2 is 1.96 bits per heavy atom. The highest BCUT2D eigenvalue weighted by molar-refractivity contribution is 5.86. The fourth-order valence-corrected chi connectivity index (χ4v) is 1.86. The number of ether oxygens (including phenoxy) is 1. The Balaban J connectivity index is 1.86. The average molecular weight is 333 g/mol. The highest BCUT2D eigenvalue weighted by Gasteiger charge is 2.22. The van der Waals surface area contributed by atoms with E-state index in [1.807, 2.05) is 0 Å². The summed E-state index contributed by atoms with van der Waals surface area (Å²) in [5.41, 5.74) is -0.230. The Morgan fingerprint density at radius 1 is 1.25 bits per heavy atom. The van der Waals surface area contributed by atoms with Gasteiger partial charge in [-0.3, -0.25) is 9.59 Å². The second-order valence-corrected chi connectivity index (χ2v) is 6.43. The number of aromatic nitrogens is 1. The van der Waals surface area contributed by atoms with Gasteiger partial charge in [-0.1, -0.05) is 32.9 Å². The lowest BCUT2D eigenvalue weighted by atomic mass is 9.91. The molecule has 128 valence electrons. The molecular formula is C18H20FNO4. The summed E-state index contributed by atoms with van der Waals surface area (Å²) in [6, 6.07) is 6.21. The molecule has 0 spiro atoms. The summed E-state index contributed by atoms with van der Waals surface area (Å²) in [4.78, 5) is 27.4. The second-order valence-electron chi connectivity index (χ2n) is 6.43. The molecule has 1 heterocycles. The Kier molecular flexibility index (Phi) is 5.49. The number of esters is 1. The normalized spacial score (nSPS) is 11.3. The number of halogens is 1. The maximum Gasteiger partial charge on any atom is 0.306 e. The molecule has 0 saturated heterocycles. The molecule has 0 aliphatic rings. The maximum absolute atomic E-state index is 13.7. The predicted molar refractivity (Wildman–Crippen MR) is 85.6 cm³/mol. The third-order valence-electron chi connectivity index (χ3n) is 3.44. The van der Waals surface area contributed by atoms with Gasteiger partial charge in [0.05, 0.1) is 18.2 Å². The Labute approximate surface area is 139 Å². The number of nitrogens with zero attached hydrogens (tertiary/aromatic N) is 1. The Hall–Kier alpha value is -2.50. The van der Waals surface area contributed by atoms with Crippen molar-refractivity contribution in [1.82, 2.24) is 4.98 Å². The van der Waals surface area contributed by atoms with E-state index in [2.05, 4.69) is 4.98 Å². The summed E-state index contributed by atoms with van der Waals surface area (Å²) in [7, 11) is 0. The molecule has 0 unspecified atom stereocenters. The van der Waals surface area contributed by atoms with Crippen LogP contribution in [0.1, 0.15) is 33.1 Å². The Morgan fingerprint density at radius 3 is 2.62 bits per heavy atom. The first-order valence-electron chi connectivity index (χ1n) is 7.66. The van der Waals surface area contributed by atoms with Crippen LogP contribution in [0, 0.1) is 11.2 Å². The zero-order chi connectivity index (χ0) is 17.7. The third-order valence-corrected chi connectivity index (χ3v) is 3.44. The first kappa shape index (κ1) is 17.8. The number of aryl methyl sites for hydroxylation is 1. The van der Waals surface area contributed by atoms with Gasteiger partial charge in [0.2, 0.25) is 0 Å². The van der Waals surface area contributed by atoms with Crippen molar-refractivity contribution >= 4 is 11.8 Å². The van der Waals surface area contributed by atoms with Crippen LogP contribution in [0.15, 0.2) is 34.9 Å². The van der Waals surface area contributed by atoms with Gasteiger partial charge >= 0.3 is 5.97 Å². The van der Waals surface area contributed by atoms with Crippen LogP contribution < -0.4 is 0 Å². The van der Waals surface area contributed by atoms with Crippen LogP contribution >= 0.6 is 0 Å². The summed E-state index contributed by atoms with van der Waals surface area (Å²) in [6.07, 6.45) is 1.67.